The molecule has 0 aromatic heterocycles. The van der Waals surface area contributed by atoms with E-state index in [2.05, 4.69) is 0 Å². The average molecular weight is 478 g/mol. The zero-order valence-corrected chi connectivity index (χ0v) is 19.2. The molecule has 0 aliphatic rings. The van der Waals surface area contributed by atoms with Crippen LogP contribution in [0.2, 0.25) is 10.0 Å². The van der Waals surface area contributed by atoms with Gasteiger partial charge in [0.2, 0.25) is 0 Å². The van der Waals surface area contributed by atoms with Gasteiger partial charge in [0, 0.05) is 18.7 Å². The third-order valence-electron chi connectivity index (χ3n) is 5.59. The summed E-state index contributed by atoms with van der Waals surface area (Å²) in [5.41, 5.74) is 3.33. The van der Waals surface area contributed by atoms with E-state index in [4.69, 9.17) is 23.2 Å². The van der Waals surface area contributed by atoms with Crippen LogP contribution < -0.4 is 0 Å². The third kappa shape index (κ3) is 5.03. The van der Waals surface area contributed by atoms with Crippen LogP contribution in [0.15, 0.2) is 84.9 Å². The molecule has 0 aliphatic heterocycles. The number of carboxylic acid groups (broad SMARTS) is 1. The summed E-state index contributed by atoms with van der Waals surface area (Å²) in [5.74, 6) is -2.48. The summed E-state index contributed by atoms with van der Waals surface area (Å²) in [6.45, 7) is 0.292. The van der Waals surface area contributed by atoms with Crippen molar-refractivity contribution in [1.29, 1.82) is 0 Å². The molecule has 4 aromatic carbocycles. The first-order chi connectivity index (χ1) is 16.0. The van der Waals surface area contributed by atoms with E-state index in [0.717, 1.165) is 27.5 Å². The number of fused-ring (bicyclic) bond motifs is 1. The third-order valence-corrected chi connectivity index (χ3v) is 6.51. The zero-order valence-electron chi connectivity index (χ0n) is 17.7. The summed E-state index contributed by atoms with van der Waals surface area (Å²) < 4.78 is 0. The van der Waals surface area contributed by atoms with Gasteiger partial charge in [0.05, 0.1) is 10.0 Å². The van der Waals surface area contributed by atoms with Gasteiger partial charge in [-0.3, -0.25) is 4.79 Å². The van der Waals surface area contributed by atoms with E-state index in [0.29, 0.717) is 22.0 Å². The number of halogens is 2. The largest absolute Gasteiger partial charge is 0.474 e. The molecule has 0 atom stereocenters. The van der Waals surface area contributed by atoms with Gasteiger partial charge in [0.15, 0.2) is 0 Å². The molecule has 33 heavy (non-hydrogen) atoms. The Morgan fingerprint density at radius 2 is 1.45 bits per heavy atom. The zero-order chi connectivity index (χ0) is 23.4. The molecule has 4 rings (SSSR count). The number of amides is 1. The van der Waals surface area contributed by atoms with E-state index in [9.17, 15) is 14.7 Å². The summed E-state index contributed by atoms with van der Waals surface area (Å²) in [7, 11) is 0. The maximum Gasteiger partial charge on any atom is 0.394 e. The highest BCUT2D eigenvalue weighted by Gasteiger charge is 2.23. The number of carbonyl (C=O) groups is 2. The second kappa shape index (κ2) is 10.1. The highest BCUT2D eigenvalue weighted by Crippen LogP contribution is 2.39. The van der Waals surface area contributed by atoms with Crippen molar-refractivity contribution in [3.8, 4) is 11.1 Å². The summed E-state index contributed by atoms with van der Waals surface area (Å²) in [6.07, 6.45) is 0.527. The van der Waals surface area contributed by atoms with Crippen LogP contribution >= 0.6 is 23.2 Å². The number of hydrogen-bond acceptors (Lipinski definition) is 2. The first-order valence-corrected chi connectivity index (χ1v) is 11.2. The second-order valence-corrected chi connectivity index (χ2v) is 8.45. The minimum atomic E-state index is -1.50. The van der Waals surface area contributed by atoms with Gasteiger partial charge >= 0.3 is 11.9 Å². The fraction of sp³-hybridized carbons (Fsp3) is 0.111. The smallest absolute Gasteiger partial charge is 0.394 e. The molecule has 0 heterocycles. The lowest BCUT2D eigenvalue weighted by Crippen LogP contribution is -2.37. The SMILES string of the molecule is O=C(O)C(=O)N(CCc1ccccc1)Cc1ccc(-c2cccc3ccccc23)c(Cl)c1Cl. The van der Waals surface area contributed by atoms with E-state index in [1.54, 1.807) is 6.07 Å². The Morgan fingerprint density at radius 3 is 2.21 bits per heavy atom. The Hall–Kier alpha value is -3.34. The van der Waals surface area contributed by atoms with Crippen molar-refractivity contribution < 1.29 is 14.7 Å². The molecule has 0 fully saturated rings. The number of nitrogens with zero attached hydrogens (tertiary/aromatic N) is 1. The normalized spacial score (nSPS) is 10.8. The Kier molecular flexibility index (Phi) is 6.97. The Morgan fingerprint density at radius 1 is 0.758 bits per heavy atom. The molecule has 1 amide bonds. The minimum Gasteiger partial charge on any atom is -0.474 e. The summed E-state index contributed by atoms with van der Waals surface area (Å²) in [5, 5.41) is 12.1. The molecule has 4 aromatic rings. The number of aliphatic carboxylic acids is 1. The van der Waals surface area contributed by atoms with Crippen LogP contribution in [0.1, 0.15) is 11.1 Å². The van der Waals surface area contributed by atoms with Crippen LogP contribution in [0, 0.1) is 0 Å². The number of benzene rings is 4. The lowest BCUT2D eigenvalue weighted by Gasteiger charge is -2.22. The van der Waals surface area contributed by atoms with Gasteiger partial charge in [-0.2, -0.15) is 0 Å². The van der Waals surface area contributed by atoms with E-state index in [-0.39, 0.29) is 13.1 Å². The Labute approximate surface area is 202 Å². The maximum absolute atomic E-state index is 12.4. The minimum absolute atomic E-state index is 0.0480. The quantitative estimate of drug-likeness (QED) is 0.323. The molecule has 0 spiro atoms. The number of rotatable bonds is 6. The van der Waals surface area contributed by atoms with Crippen molar-refractivity contribution in [3.63, 3.8) is 0 Å². The van der Waals surface area contributed by atoms with Gasteiger partial charge in [-0.05, 0) is 33.9 Å². The van der Waals surface area contributed by atoms with E-state index >= 15 is 0 Å². The van der Waals surface area contributed by atoms with Crippen molar-refractivity contribution >= 4 is 45.9 Å². The highest BCUT2D eigenvalue weighted by molar-refractivity contribution is 6.44. The topological polar surface area (TPSA) is 57.6 Å². The molecule has 0 bridgehead atoms. The first-order valence-electron chi connectivity index (χ1n) is 10.5. The predicted octanol–water partition coefficient (Wildman–Crippen LogP) is 6.47. The number of carbonyl (C=O) groups excluding carboxylic acids is 1. The van der Waals surface area contributed by atoms with Gasteiger partial charge in [-0.25, -0.2) is 4.79 Å². The fourth-order valence-corrected chi connectivity index (χ4v) is 4.39. The lowest BCUT2D eigenvalue weighted by molar-refractivity contribution is -0.156. The molecule has 0 aliphatic carbocycles. The second-order valence-electron chi connectivity index (χ2n) is 7.69. The molecule has 166 valence electrons. The Bertz CT molecular complexity index is 1320. The van der Waals surface area contributed by atoms with E-state index in [1.807, 2.05) is 78.9 Å². The van der Waals surface area contributed by atoms with Gasteiger partial charge in [-0.1, -0.05) is 108 Å². The van der Waals surface area contributed by atoms with Crippen LogP contribution in [-0.2, 0) is 22.6 Å². The number of carboxylic acids is 1. The van der Waals surface area contributed by atoms with Gasteiger partial charge in [-0.15, -0.1) is 0 Å². The standard InChI is InChI=1S/C27H21Cl2NO3/c28-24-20(17-30(26(31)27(32)33)16-15-18-7-2-1-3-8-18)13-14-23(25(24)29)22-12-6-10-19-9-4-5-11-21(19)22/h1-14H,15-17H2,(H,32,33). The van der Waals surface area contributed by atoms with Crippen LogP contribution in [-0.4, -0.2) is 28.4 Å². The molecule has 0 saturated heterocycles. The molecule has 1 N–H and O–H groups in total. The first kappa shape index (κ1) is 22.8. The molecular formula is C27H21Cl2NO3. The average Bonchev–Trinajstić information content (AvgIpc) is 2.84. The Balaban J connectivity index is 1.64. The molecule has 0 saturated carbocycles. The van der Waals surface area contributed by atoms with Crippen molar-refractivity contribution in [2.45, 2.75) is 13.0 Å². The van der Waals surface area contributed by atoms with Crippen molar-refractivity contribution in [2.75, 3.05) is 6.54 Å². The van der Waals surface area contributed by atoms with Crippen LogP contribution in [0.5, 0.6) is 0 Å². The van der Waals surface area contributed by atoms with Crippen LogP contribution in [0.3, 0.4) is 0 Å². The fourth-order valence-electron chi connectivity index (χ4n) is 3.88. The lowest BCUT2D eigenvalue weighted by atomic mass is 9.97. The summed E-state index contributed by atoms with van der Waals surface area (Å²) >= 11 is 13.3. The molecule has 4 nitrogen and oxygen atoms in total. The van der Waals surface area contributed by atoms with Crippen LogP contribution in [0.4, 0.5) is 0 Å². The van der Waals surface area contributed by atoms with Crippen molar-refractivity contribution in [3.05, 3.63) is 106 Å². The van der Waals surface area contributed by atoms with Crippen molar-refractivity contribution in [2.24, 2.45) is 0 Å². The van der Waals surface area contributed by atoms with E-state index in [1.165, 1.54) is 4.90 Å². The van der Waals surface area contributed by atoms with E-state index < -0.39 is 11.9 Å². The monoisotopic (exact) mass is 477 g/mol. The van der Waals surface area contributed by atoms with Gasteiger partial charge in [0.1, 0.15) is 0 Å². The van der Waals surface area contributed by atoms with Gasteiger partial charge < -0.3 is 10.0 Å². The number of hydrogen-bond donors (Lipinski definition) is 1. The summed E-state index contributed by atoms with van der Waals surface area (Å²) in [4.78, 5) is 25.0. The highest BCUT2D eigenvalue weighted by atomic mass is 35.5. The molecule has 0 radical (unpaired) electrons. The van der Waals surface area contributed by atoms with Gasteiger partial charge in [0.25, 0.3) is 0 Å². The van der Waals surface area contributed by atoms with Crippen molar-refractivity contribution in [1.82, 2.24) is 4.90 Å². The molecule has 0 unspecified atom stereocenters. The maximum atomic E-state index is 12.4. The van der Waals surface area contributed by atoms with Crippen LogP contribution in [0.25, 0.3) is 21.9 Å². The summed E-state index contributed by atoms with van der Waals surface area (Å²) in [6, 6.07) is 27.2. The predicted molar refractivity (Wildman–Crippen MR) is 133 cm³/mol. The molecular weight excluding hydrogens is 457 g/mol. The molecule has 6 heteroatoms.